The summed E-state index contributed by atoms with van der Waals surface area (Å²) >= 11 is 0. The van der Waals surface area contributed by atoms with Crippen LogP contribution in [0.2, 0.25) is 0 Å². The molecule has 1 heterocycles. The molecule has 0 aliphatic carbocycles. The Hall–Kier alpha value is -2.03. The van der Waals surface area contributed by atoms with Crippen LogP contribution in [-0.4, -0.2) is 56.2 Å². The highest BCUT2D eigenvalue weighted by atomic mass is 32.2. The van der Waals surface area contributed by atoms with E-state index in [1.807, 2.05) is 6.07 Å². The van der Waals surface area contributed by atoms with Gasteiger partial charge in [-0.25, -0.2) is 21.5 Å². The molecular weight excluding hydrogens is 386 g/mol. The SMILES string of the molecule is O=S(=O)(CCOc1ccccc1F)N1CCCN(Cc2cccc(F)c2)CC1. The number of para-hydroxylation sites is 1. The summed E-state index contributed by atoms with van der Waals surface area (Å²) in [5.74, 6) is -0.936. The fraction of sp³-hybridized carbons (Fsp3) is 0.400. The summed E-state index contributed by atoms with van der Waals surface area (Å²) in [5.41, 5.74) is 0.870. The molecule has 0 aromatic heterocycles. The second-order valence-electron chi connectivity index (χ2n) is 6.75. The number of hydrogen-bond acceptors (Lipinski definition) is 4. The monoisotopic (exact) mass is 410 g/mol. The zero-order valence-corrected chi connectivity index (χ0v) is 16.4. The van der Waals surface area contributed by atoms with Gasteiger partial charge in [-0.2, -0.15) is 0 Å². The van der Waals surface area contributed by atoms with Gasteiger partial charge < -0.3 is 4.74 Å². The van der Waals surface area contributed by atoms with Gasteiger partial charge in [0.1, 0.15) is 12.4 Å². The molecule has 8 heteroatoms. The average Bonchev–Trinajstić information content (AvgIpc) is 2.89. The zero-order valence-electron chi connectivity index (χ0n) is 15.6. The number of nitrogens with zero attached hydrogens (tertiary/aromatic N) is 2. The Kier molecular flexibility index (Phi) is 6.98. The van der Waals surface area contributed by atoms with Gasteiger partial charge in [-0.15, -0.1) is 0 Å². The van der Waals surface area contributed by atoms with Crippen molar-refractivity contribution < 1.29 is 21.9 Å². The molecule has 5 nitrogen and oxygen atoms in total. The predicted molar refractivity (Wildman–Crippen MR) is 104 cm³/mol. The quantitative estimate of drug-likeness (QED) is 0.704. The van der Waals surface area contributed by atoms with Gasteiger partial charge in [-0.1, -0.05) is 24.3 Å². The Morgan fingerprint density at radius 2 is 1.79 bits per heavy atom. The number of rotatable bonds is 7. The van der Waals surface area contributed by atoms with Crippen LogP contribution in [0.1, 0.15) is 12.0 Å². The molecule has 0 bridgehead atoms. The molecule has 0 atom stereocenters. The average molecular weight is 410 g/mol. The van der Waals surface area contributed by atoms with Crippen LogP contribution in [0, 0.1) is 11.6 Å². The van der Waals surface area contributed by atoms with Crippen LogP contribution in [0.15, 0.2) is 48.5 Å². The van der Waals surface area contributed by atoms with Crippen LogP contribution in [0.5, 0.6) is 5.75 Å². The maximum Gasteiger partial charge on any atom is 0.217 e. The van der Waals surface area contributed by atoms with Gasteiger partial charge in [-0.3, -0.25) is 4.90 Å². The van der Waals surface area contributed by atoms with Crippen molar-refractivity contribution in [1.82, 2.24) is 9.21 Å². The summed E-state index contributed by atoms with van der Waals surface area (Å²) < 4.78 is 58.9. The van der Waals surface area contributed by atoms with E-state index in [4.69, 9.17) is 4.74 Å². The van der Waals surface area contributed by atoms with E-state index in [9.17, 15) is 17.2 Å². The van der Waals surface area contributed by atoms with Crippen LogP contribution in [-0.2, 0) is 16.6 Å². The van der Waals surface area contributed by atoms with E-state index in [1.165, 1.54) is 28.6 Å². The maximum absolute atomic E-state index is 13.6. The van der Waals surface area contributed by atoms with Gasteiger partial charge in [0.15, 0.2) is 11.6 Å². The van der Waals surface area contributed by atoms with E-state index < -0.39 is 15.8 Å². The second kappa shape index (κ2) is 9.45. The van der Waals surface area contributed by atoms with Gasteiger partial charge >= 0.3 is 0 Å². The summed E-state index contributed by atoms with van der Waals surface area (Å²) in [5, 5.41) is 0. The first kappa shape index (κ1) is 20.7. The first-order valence-electron chi connectivity index (χ1n) is 9.26. The van der Waals surface area contributed by atoms with Gasteiger partial charge in [0.2, 0.25) is 10.0 Å². The molecule has 0 spiro atoms. The lowest BCUT2D eigenvalue weighted by molar-refractivity contribution is 0.277. The normalized spacial score (nSPS) is 16.6. The molecule has 1 saturated heterocycles. The van der Waals surface area contributed by atoms with Gasteiger partial charge in [0.05, 0.1) is 5.75 Å². The van der Waals surface area contributed by atoms with Crippen molar-refractivity contribution in [3.8, 4) is 5.75 Å². The van der Waals surface area contributed by atoms with Crippen molar-refractivity contribution >= 4 is 10.0 Å². The van der Waals surface area contributed by atoms with E-state index in [1.54, 1.807) is 18.2 Å². The third-order valence-electron chi connectivity index (χ3n) is 4.67. The fourth-order valence-corrected chi connectivity index (χ4v) is 4.54. The van der Waals surface area contributed by atoms with Crippen LogP contribution < -0.4 is 4.74 Å². The van der Waals surface area contributed by atoms with Crippen LogP contribution in [0.3, 0.4) is 0 Å². The number of hydrogen-bond donors (Lipinski definition) is 0. The summed E-state index contributed by atoms with van der Waals surface area (Å²) in [6.45, 7) is 2.60. The molecule has 1 aliphatic rings. The third kappa shape index (κ3) is 5.73. The molecule has 0 unspecified atom stereocenters. The molecule has 2 aromatic rings. The summed E-state index contributed by atoms with van der Waals surface area (Å²) in [6, 6.07) is 12.4. The number of ether oxygens (including phenoxy) is 1. The lowest BCUT2D eigenvalue weighted by atomic mass is 10.2. The van der Waals surface area contributed by atoms with Crippen molar-refractivity contribution in [2.24, 2.45) is 0 Å². The van der Waals surface area contributed by atoms with Gasteiger partial charge in [-0.05, 0) is 42.8 Å². The lowest BCUT2D eigenvalue weighted by Gasteiger charge is -2.22. The summed E-state index contributed by atoms with van der Waals surface area (Å²) in [4.78, 5) is 2.13. The van der Waals surface area contributed by atoms with E-state index >= 15 is 0 Å². The number of halogens is 2. The van der Waals surface area contributed by atoms with Crippen LogP contribution in [0.25, 0.3) is 0 Å². The van der Waals surface area contributed by atoms with Gasteiger partial charge in [0.25, 0.3) is 0 Å². The molecule has 152 valence electrons. The Morgan fingerprint density at radius 1 is 0.964 bits per heavy atom. The zero-order chi connectivity index (χ0) is 20.0. The second-order valence-corrected chi connectivity index (χ2v) is 8.84. The largest absolute Gasteiger partial charge is 0.489 e. The smallest absolute Gasteiger partial charge is 0.217 e. The summed E-state index contributed by atoms with van der Waals surface area (Å²) in [7, 11) is -3.49. The Bertz CT molecular complexity index is 893. The highest BCUT2D eigenvalue weighted by molar-refractivity contribution is 7.89. The number of sulfonamides is 1. The number of benzene rings is 2. The minimum Gasteiger partial charge on any atom is -0.489 e. The molecule has 1 fully saturated rings. The lowest BCUT2D eigenvalue weighted by Crippen LogP contribution is -2.37. The molecule has 0 N–H and O–H groups in total. The predicted octanol–water partition coefficient (Wildman–Crippen LogP) is 2.88. The van der Waals surface area contributed by atoms with E-state index in [0.717, 1.165) is 12.1 Å². The molecular formula is C20H24F2N2O3S. The molecule has 0 saturated carbocycles. The Morgan fingerprint density at radius 3 is 2.57 bits per heavy atom. The van der Waals surface area contributed by atoms with Crippen molar-refractivity contribution in [2.75, 3.05) is 38.5 Å². The van der Waals surface area contributed by atoms with Gasteiger partial charge in [0, 0.05) is 26.2 Å². The summed E-state index contributed by atoms with van der Waals surface area (Å²) in [6.07, 6.45) is 0.697. The Labute approximate surface area is 164 Å². The van der Waals surface area contributed by atoms with Crippen LogP contribution >= 0.6 is 0 Å². The minimum atomic E-state index is -3.49. The molecule has 0 amide bonds. The Balaban J connectivity index is 1.51. The third-order valence-corrected chi connectivity index (χ3v) is 6.51. The topological polar surface area (TPSA) is 49.9 Å². The molecule has 28 heavy (non-hydrogen) atoms. The van der Waals surface area contributed by atoms with Crippen molar-refractivity contribution in [3.63, 3.8) is 0 Å². The fourth-order valence-electron chi connectivity index (χ4n) is 3.22. The van der Waals surface area contributed by atoms with Crippen molar-refractivity contribution in [3.05, 3.63) is 65.7 Å². The van der Waals surface area contributed by atoms with Crippen molar-refractivity contribution in [2.45, 2.75) is 13.0 Å². The van der Waals surface area contributed by atoms with E-state index in [2.05, 4.69) is 4.90 Å². The van der Waals surface area contributed by atoms with E-state index in [0.29, 0.717) is 32.6 Å². The van der Waals surface area contributed by atoms with Crippen LogP contribution in [0.4, 0.5) is 8.78 Å². The van der Waals surface area contributed by atoms with Crippen molar-refractivity contribution in [1.29, 1.82) is 0 Å². The highest BCUT2D eigenvalue weighted by Gasteiger charge is 2.25. The first-order chi connectivity index (χ1) is 13.4. The molecule has 2 aromatic carbocycles. The standard InChI is InChI=1S/C20H24F2N2O3S/c21-18-6-3-5-17(15-18)16-23-9-4-10-24(12-11-23)28(25,26)14-13-27-20-8-2-1-7-19(20)22/h1-3,5-8,15H,4,9-14,16H2. The molecule has 0 radical (unpaired) electrons. The van der Waals surface area contributed by atoms with E-state index in [-0.39, 0.29) is 23.9 Å². The molecule has 1 aliphatic heterocycles. The minimum absolute atomic E-state index is 0.0508. The maximum atomic E-state index is 13.6. The molecule has 3 rings (SSSR count). The first-order valence-corrected chi connectivity index (χ1v) is 10.9. The highest BCUT2D eigenvalue weighted by Crippen LogP contribution is 2.16.